The van der Waals surface area contributed by atoms with Gasteiger partial charge in [0.2, 0.25) is 0 Å². The molecule has 0 aliphatic heterocycles. The third-order valence-electron chi connectivity index (χ3n) is 6.13. The molecular formula is C28H27N3O4S. The van der Waals surface area contributed by atoms with Crippen LogP contribution in [0.3, 0.4) is 0 Å². The molecule has 36 heavy (non-hydrogen) atoms. The fourth-order valence-electron chi connectivity index (χ4n) is 3.94. The molecular weight excluding hydrogens is 474 g/mol. The highest BCUT2D eigenvalue weighted by Gasteiger charge is 2.27. The van der Waals surface area contributed by atoms with Crippen molar-refractivity contribution in [1.29, 1.82) is 0 Å². The molecule has 0 unspecified atom stereocenters. The van der Waals surface area contributed by atoms with Gasteiger partial charge in [0.1, 0.15) is 5.00 Å². The van der Waals surface area contributed by atoms with E-state index in [1.165, 1.54) is 17.6 Å². The number of hydrogen-bond acceptors (Lipinski definition) is 6. The Morgan fingerprint density at radius 1 is 0.972 bits per heavy atom. The highest BCUT2D eigenvalue weighted by atomic mass is 32.1. The maximum Gasteiger partial charge on any atom is 0.341 e. The molecule has 7 nitrogen and oxygen atoms in total. The average Bonchev–Trinajstić information content (AvgIpc) is 3.19. The smallest absolute Gasteiger partial charge is 0.341 e. The summed E-state index contributed by atoms with van der Waals surface area (Å²) >= 11 is 1.06. The molecule has 0 bridgehead atoms. The van der Waals surface area contributed by atoms with Gasteiger partial charge >= 0.3 is 5.97 Å². The summed E-state index contributed by atoms with van der Waals surface area (Å²) in [6.45, 7) is 5.76. The summed E-state index contributed by atoms with van der Waals surface area (Å²) in [5.41, 5.74) is 5.60. The number of nitrogens with one attached hydrogen (secondary N) is 1. The Morgan fingerprint density at radius 2 is 1.69 bits per heavy atom. The standard InChI is InChI=1S/C28H27N3O4S/c1-15-11-12-18(13-16(15)2)22-14-20(19-9-7-8-10-21(19)29-22)25(32)30-26-23(28(34)35-6)17(3)24(36-26)27(33)31(4)5/h7-14H,1-6H3,(H,30,32). The van der Waals surface area contributed by atoms with E-state index in [4.69, 9.17) is 9.72 Å². The summed E-state index contributed by atoms with van der Waals surface area (Å²) in [6.07, 6.45) is 0. The van der Waals surface area contributed by atoms with Crippen LogP contribution >= 0.6 is 11.3 Å². The number of fused-ring (bicyclic) bond motifs is 1. The van der Waals surface area contributed by atoms with Crippen LogP contribution in [0.1, 0.15) is 47.1 Å². The number of amides is 2. The second-order valence-electron chi connectivity index (χ2n) is 8.78. The van der Waals surface area contributed by atoms with Gasteiger partial charge in [0.05, 0.1) is 34.3 Å². The van der Waals surface area contributed by atoms with E-state index in [-0.39, 0.29) is 16.5 Å². The van der Waals surface area contributed by atoms with Gasteiger partial charge in [0.15, 0.2) is 0 Å². The molecule has 2 heterocycles. The quantitative estimate of drug-likeness (QED) is 0.358. The van der Waals surface area contributed by atoms with Crippen molar-refractivity contribution in [2.24, 2.45) is 0 Å². The van der Waals surface area contributed by atoms with Gasteiger partial charge < -0.3 is 15.0 Å². The number of ether oxygens (including phenoxy) is 1. The molecule has 2 amide bonds. The van der Waals surface area contributed by atoms with E-state index < -0.39 is 11.9 Å². The third kappa shape index (κ3) is 4.59. The molecule has 0 aliphatic carbocycles. The van der Waals surface area contributed by atoms with Crippen LogP contribution in [0, 0.1) is 20.8 Å². The summed E-state index contributed by atoms with van der Waals surface area (Å²) in [4.78, 5) is 45.5. The summed E-state index contributed by atoms with van der Waals surface area (Å²) in [5, 5.41) is 3.82. The zero-order valence-corrected chi connectivity index (χ0v) is 21.9. The van der Waals surface area contributed by atoms with E-state index in [0.29, 0.717) is 32.6 Å². The Morgan fingerprint density at radius 3 is 2.36 bits per heavy atom. The number of para-hydroxylation sites is 1. The van der Waals surface area contributed by atoms with Crippen LogP contribution in [0.4, 0.5) is 5.00 Å². The van der Waals surface area contributed by atoms with E-state index in [0.717, 1.165) is 22.5 Å². The number of methoxy groups -OCH3 is 1. The summed E-state index contributed by atoms with van der Waals surface area (Å²) in [7, 11) is 4.54. The molecule has 0 saturated heterocycles. The van der Waals surface area contributed by atoms with Crippen LogP contribution in [0.2, 0.25) is 0 Å². The average molecular weight is 502 g/mol. The molecule has 0 atom stereocenters. The Bertz CT molecular complexity index is 1520. The number of rotatable bonds is 5. The van der Waals surface area contributed by atoms with Gasteiger partial charge in [-0.05, 0) is 55.7 Å². The van der Waals surface area contributed by atoms with Gasteiger partial charge in [-0.1, -0.05) is 30.3 Å². The minimum atomic E-state index is -0.618. The lowest BCUT2D eigenvalue weighted by atomic mass is 10.0. The highest BCUT2D eigenvalue weighted by Crippen LogP contribution is 2.35. The molecule has 0 spiro atoms. The van der Waals surface area contributed by atoms with Gasteiger partial charge in [-0.2, -0.15) is 0 Å². The van der Waals surface area contributed by atoms with Crippen molar-refractivity contribution in [2.75, 3.05) is 26.5 Å². The molecule has 1 N–H and O–H groups in total. The molecule has 2 aromatic heterocycles. The second-order valence-corrected chi connectivity index (χ2v) is 9.80. The Labute approximate surface area is 213 Å². The van der Waals surface area contributed by atoms with Gasteiger partial charge in [-0.3, -0.25) is 9.59 Å². The van der Waals surface area contributed by atoms with Crippen LogP contribution in [0.15, 0.2) is 48.5 Å². The summed E-state index contributed by atoms with van der Waals surface area (Å²) in [6, 6.07) is 15.2. The lowest BCUT2D eigenvalue weighted by Crippen LogP contribution is -2.21. The van der Waals surface area contributed by atoms with Crippen LogP contribution in [0.5, 0.6) is 0 Å². The van der Waals surface area contributed by atoms with Gasteiger partial charge in [-0.25, -0.2) is 9.78 Å². The van der Waals surface area contributed by atoms with Crippen molar-refractivity contribution >= 4 is 45.0 Å². The van der Waals surface area contributed by atoms with Crippen LogP contribution in [0.25, 0.3) is 22.2 Å². The number of thiophene rings is 1. The number of hydrogen-bond donors (Lipinski definition) is 1. The zero-order valence-electron chi connectivity index (χ0n) is 21.1. The molecule has 4 aromatic rings. The minimum absolute atomic E-state index is 0.175. The Kier molecular flexibility index (Phi) is 6.90. The number of carbonyl (C=O) groups is 3. The number of carbonyl (C=O) groups excluding carboxylic acids is 3. The number of pyridine rings is 1. The van der Waals surface area contributed by atoms with E-state index in [2.05, 4.69) is 5.32 Å². The van der Waals surface area contributed by atoms with Gasteiger partial charge in [0, 0.05) is 25.0 Å². The van der Waals surface area contributed by atoms with Crippen molar-refractivity contribution in [3.63, 3.8) is 0 Å². The first-order chi connectivity index (χ1) is 17.1. The maximum atomic E-state index is 13.6. The number of aromatic nitrogens is 1. The van der Waals surface area contributed by atoms with Gasteiger partial charge in [-0.15, -0.1) is 11.3 Å². The molecule has 0 saturated carbocycles. The lowest BCUT2D eigenvalue weighted by Gasteiger charge is -2.12. The third-order valence-corrected chi connectivity index (χ3v) is 7.32. The van der Waals surface area contributed by atoms with Crippen LogP contribution < -0.4 is 5.32 Å². The van der Waals surface area contributed by atoms with Crippen molar-refractivity contribution < 1.29 is 19.1 Å². The number of nitrogens with zero attached hydrogens (tertiary/aromatic N) is 2. The van der Waals surface area contributed by atoms with E-state index in [9.17, 15) is 14.4 Å². The van der Waals surface area contributed by atoms with Crippen molar-refractivity contribution in [1.82, 2.24) is 9.88 Å². The minimum Gasteiger partial charge on any atom is -0.465 e. The fourth-order valence-corrected chi connectivity index (χ4v) is 5.15. The summed E-state index contributed by atoms with van der Waals surface area (Å²) < 4.78 is 4.95. The monoisotopic (exact) mass is 501 g/mol. The largest absolute Gasteiger partial charge is 0.465 e. The van der Waals surface area contributed by atoms with Gasteiger partial charge in [0.25, 0.3) is 11.8 Å². The van der Waals surface area contributed by atoms with E-state index >= 15 is 0 Å². The number of aryl methyl sites for hydroxylation is 2. The number of esters is 1. The Hall–Kier alpha value is -4.04. The predicted octanol–water partition coefficient (Wildman–Crippen LogP) is 5.63. The summed E-state index contributed by atoms with van der Waals surface area (Å²) in [5.74, 6) is -1.28. The first-order valence-corrected chi connectivity index (χ1v) is 12.2. The van der Waals surface area contributed by atoms with E-state index in [1.54, 1.807) is 27.1 Å². The maximum absolute atomic E-state index is 13.6. The predicted molar refractivity (Wildman–Crippen MR) is 143 cm³/mol. The molecule has 0 fully saturated rings. The molecule has 184 valence electrons. The molecule has 8 heteroatoms. The van der Waals surface area contributed by atoms with Crippen molar-refractivity contribution in [2.45, 2.75) is 20.8 Å². The topological polar surface area (TPSA) is 88.6 Å². The van der Waals surface area contributed by atoms with E-state index in [1.807, 2.05) is 56.3 Å². The number of anilines is 1. The fraction of sp³-hybridized carbons (Fsp3) is 0.214. The second kappa shape index (κ2) is 9.91. The molecule has 2 aromatic carbocycles. The molecule has 0 aliphatic rings. The lowest BCUT2D eigenvalue weighted by molar-refractivity contribution is 0.0601. The highest BCUT2D eigenvalue weighted by molar-refractivity contribution is 7.18. The normalized spacial score (nSPS) is 10.8. The number of benzene rings is 2. The Balaban J connectivity index is 1.83. The van der Waals surface area contributed by atoms with Crippen molar-refractivity contribution in [3.8, 4) is 11.3 Å². The van der Waals surface area contributed by atoms with Crippen LogP contribution in [-0.4, -0.2) is 48.9 Å². The van der Waals surface area contributed by atoms with Crippen molar-refractivity contribution in [3.05, 3.63) is 81.2 Å². The zero-order chi connectivity index (χ0) is 26.1. The van der Waals surface area contributed by atoms with Crippen LogP contribution in [-0.2, 0) is 4.74 Å². The molecule has 0 radical (unpaired) electrons. The molecule has 4 rings (SSSR count). The first kappa shape index (κ1) is 25.1. The first-order valence-electron chi connectivity index (χ1n) is 11.3. The SMILES string of the molecule is COC(=O)c1c(NC(=O)c2cc(-c3ccc(C)c(C)c3)nc3ccccc23)sc(C(=O)N(C)C)c1C.